The third-order valence-corrected chi connectivity index (χ3v) is 6.62. The fourth-order valence-corrected chi connectivity index (χ4v) is 3.52. The molecule has 4 heteroatoms. The van der Waals surface area contributed by atoms with Crippen LogP contribution < -0.4 is 0 Å². The van der Waals surface area contributed by atoms with Crippen molar-refractivity contribution >= 4 is 27.0 Å². The molecule has 3 nitrogen and oxygen atoms in total. The third-order valence-electron chi connectivity index (χ3n) is 3.42. The van der Waals surface area contributed by atoms with Crippen molar-refractivity contribution in [2.75, 3.05) is 19.1 Å². The monoisotopic (exact) mass is 280 g/mol. The molecule has 2 rings (SSSR count). The standard InChI is InChI=1S/C15H20O3S/c1-5-17-15(16)11(2)19(3,4)14-10-12-8-6-7-9-13(12)18-14/h6-11H,5H2,1-4H3/t11-/m1/s1. The zero-order valence-electron chi connectivity index (χ0n) is 11.8. The Bertz CT molecular complexity index is 553. The Morgan fingerprint density at radius 3 is 2.68 bits per heavy atom. The number of ether oxygens (including phenoxy) is 1. The molecule has 0 fully saturated rings. The van der Waals surface area contributed by atoms with Crippen LogP contribution in [0.3, 0.4) is 0 Å². The van der Waals surface area contributed by atoms with E-state index in [9.17, 15) is 4.79 Å². The number of furan rings is 1. The molecule has 0 spiro atoms. The summed E-state index contributed by atoms with van der Waals surface area (Å²) in [4.78, 5) is 11.9. The summed E-state index contributed by atoms with van der Waals surface area (Å²) in [7, 11) is -1.36. The van der Waals surface area contributed by atoms with Crippen molar-refractivity contribution in [1.82, 2.24) is 0 Å². The van der Waals surface area contributed by atoms with Gasteiger partial charge in [0.1, 0.15) is 10.7 Å². The van der Waals surface area contributed by atoms with E-state index in [1.165, 1.54) is 0 Å². The van der Waals surface area contributed by atoms with E-state index in [0.29, 0.717) is 6.61 Å². The number of carbonyl (C=O) groups is 1. The first-order valence-electron chi connectivity index (χ1n) is 6.34. The predicted molar refractivity (Wildman–Crippen MR) is 80.0 cm³/mol. The molecule has 104 valence electrons. The second kappa shape index (κ2) is 5.29. The van der Waals surface area contributed by atoms with Gasteiger partial charge in [-0.25, -0.2) is 0 Å². The Morgan fingerprint density at radius 2 is 2.05 bits per heavy atom. The SMILES string of the molecule is CCOC(=O)[C@@H](C)S(C)(C)c1cc2ccccc2o1. The number of benzene rings is 1. The lowest BCUT2D eigenvalue weighted by molar-refractivity contribution is -0.142. The molecule has 0 saturated carbocycles. The number of hydrogen-bond donors (Lipinski definition) is 0. The molecular weight excluding hydrogens is 260 g/mol. The number of carbonyl (C=O) groups excluding carboxylic acids is 1. The molecule has 0 aliphatic heterocycles. The molecule has 0 bridgehead atoms. The lowest BCUT2D eigenvalue weighted by Gasteiger charge is -2.33. The Hall–Kier alpha value is -1.42. The second-order valence-electron chi connectivity index (χ2n) is 4.90. The van der Waals surface area contributed by atoms with Crippen molar-refractivity contribution < 1.29 is 13.9 Å². The van der Waals surface area contributed by atoms with Gasteiger partial charge in [0.15, 0.2) is 0 Å². The van der Waals surface area contributed by atoms with E-state index >= 15 is 0 Å². The summed E-state index contributed by atoms with van der Waals surface area (Å²) in [6.45, 7) is 4.16. The summed E-state index contributed by atoms with van der Waals surface area (Å²) in [5.74, 6) is -0.150. The largest absolute Gasteiger partial charge is 0.465 e. The lowest BCUT2D eigenvalue weighted by atomic mass is 10.3. The van der Waals surface area contributed by atoms with Gasteiger partial charge in [-0.2, -0.15) is 10.0 Å². The summed E-state index contributed by atoms with van der Waals surface area (Å²) in [6.07, 6.45) is 4.18. The van der Waals surface area contributed by atoms with Crippen LogP contribution in [0, 0.1) is 0 Å². The van der Waals surface area contributed by atoms with E-state index in [1.807, 2.05) is 44.2 Å². The average Bonchev–Trinajstić information content (AvgIpc) is 2.82. The quantitative estimate of drug-likeness (QED) is 0.799. The highest BCUT2D eigenvalue weighted by Crippen LogP contribution is 2.55. The van der Waals surface area contributed by atoms with Crippen molar-refractivity contribution in [2.24, 2.45) is 0 Å². The molecule has 1 aromatic carbocycles. The maximum atomic E-state index is 11.9. The van der Waals surface area contributed by atoms with Gasteiger partial charge in [0.25, 0.3) is 0 Å². The summed E-state index contributed by atoms with van der Waals surface area (Å²) in [6, 6.07) is 9.95. The van der Waals surface area contributed by atoms with Crippen LogP contribution in [0.1, 0.15) is 13.8 Å². The van der Waals surface area contributed by atoms with Crippen LogP contribution in [-0.4, -0.2) is 30.3 Å². The molecule has 0 amide bonds. The molecule has 0 aliphatic rings. The van der Waals surface area contributed by atoms with Gasteiger partial charge in [-0.15, -0.1) is 0 Å². The van der Waals surface area contributed by atoms with Gasteiger partial charge >= 0.3 is 5.97 Å². The molecule has 0 unspecified atom stereocenters. The number of rotatable bonds is 4. The van der Waals surface area contributed by atoms with E-state index in [4.69, 9.17) is 9.15 Å². The first kappa shape index (κ1) is 14.0. The van der Waals surface area contributed by atoms with Gasteiger partial charge < -0.3 is 9.15 Å². The summed E-state index contributed by atoms with van der Waals surface area (Å²) < 4.78 is 11.0. The highest BCUT2D eigenvalue weighted by molar-refractivity contribution is 8.33. The Labute approximate surface area is 115 Å². The van der Waals surface area contributed by atoms with Gasteiger partial charge in [0.2, 0.25) is 0 Å². The minimum Gasteiger partial charge on any atom is -0.465 e. The van der Waals surface area contributed by atoms with Gasteiger partial charge in [0.05, 0.1) is 11.9 Å². The van der Waals surface area contributed by atoms with Crippen LogP contribution >= 0.6 is 10.0 Å². The summed E-state index contributed by atoms with van der Waals surface area (Å²) in [5.41, 5.74) is 0.870. The third kappa shape index (κ3) is 2.63. The van der Waals surface area contributed by atoms with Gasteiger partial charge in [-0.3, -0.25) is 4.79 Å². The Morgan fingerprint density at radius 1 is 1.37 bits per heavy atom. The topological polar surface area (TPSA) is 39.4 Å². The molecule has 1 aromatic heterocycles. The normalized spacial score (nSPS) is 14.3. The highest BCUT2D eigenvalue weighted by atomic mass is 32.3. The fourth-order valence-electron chi connectivity index (χ4n) is 1.89. The maximum absolute atomic E-state index is 11.9. The zero-order valence-corrected chi connectivity index (χ0v) is 12.6. The number of esters is 1. The molecular formula is C15H20O3S. The van der Waals surface area contributed by atoms with Crippen molar-refractivity contribution in [1.29, 1.82) is 0 Å². The minimum atomic E-state index is -1.36. The zero-order chi connectivity index (χ0) is 14.0. The van der Waals surface area contributed by atoms with Crippen LogP contribution in [0.4, 0.5) is 0 Å². The fraction of sp³-hybridized carbons (Fsp3) is 0.400. The average molecular weight is 280 g/mol. The molecule has 1 heterocycles. The molecule has 0 radical (unpaired) electrons. The van der Waals surface area contributed by atoms with Crippen molar-refractivity contribution in [3.8, 4) is 0 Å². The summed E-state index contributed by atoms with van der Waals surface area (Å²) in [5, 5.41) is 1.80. The second-order valence-corrected chi connectivity index (χ2v) is 8.82. The predicted octanol–water partition coefficient (Wildman–Crippen LogP) is 3.81. The smallest absolute Gasteiger partial charge is 0.317 e. The Balaban J connectivity index is 2.34. The number of fused-ring (bicyclic) bond motifs is 1. The Kier molecular flexibility index (Phi) is 3.90. The van der Waals surface area contributed by atoms with E-state index in [-0.39, 0.29) is 11.2 Å². The van der Waals surface area contributed by atoms with Crippen LogP contribution in [0.2, 0.25) is 0 Å². The molecule has 1 atom stereocenters. The van der Waals surface area contributed by atoms with Gasteiger partial charge in [-0.05, 0) is 38.5 Å². The first-order valence-corrected chi connectivity index (χ1v) is 8.85. The van der Waals surface area contributed by atoms with E-state index in [1.54, 1.807) is 0 Å². The highest BCUT2D eigenvalue weighted by Gasteiger charge is 2.32. The van der Waals surface area contributed by atoms with E-state index in [0.717, 1.165) is 16.1 Å². The lowest BCUT2D eigenvalue weighted by Crippen LogP contribution is -2.25. The molecule has 19 heavy (non-hydrogen) atoms. The molecule has 0 saturated heterocycles. The number of para-hydroxylation sites is 1. The maximum Gasteiger partial charge on any atom is 0.317 e. The van der Waals surface area contributed by atoms with Crippen LogP contribution in [0.15, 0.2) is 39.8 Å². The molecule has 0 aliphatic carbocycles. The minimum absolute atomic E-state index is 0.150. The molecule has 0 N–H and O–H groups in total. The van der Waals surface area contributed by atoms with Gasteiger partial charge in [-0.1, -0.05) is 18.2 Å². The molecule has 2 aromatic rings. The number of hydrogen-bond acceptors (Lipinski definition) is 3. The van der Waals surface area contributed by atoms with Crippen LogP contribution in [0.25, 0.3) is 11.0 Å². The van der Waals surface area contributed by atoms with E-state index in [2.05, 4.69) is 12.5 Å². The van der Waals surface area contributed by atoms with E-state index < -0.39 is 10.0 Å². The summed E-state index contributed by atoms with van der Waals surface area (Å²) >= 11 is 0. The van der Waals surface area contributed by atoms with Crippen molar-refractivity contribution in [3.63, 3.8) is 0 Å². The first-order chi connectivity index (χ1) is 8.96. The van der Waals surface area contributed by atoms with Crippen molar-refractivity contribution in [3.05, 3.63) is 30.3 Å². The van der Waals surface area contributed by atoms with Crippen LogP contribution in [0.5, 0.6) is 0 Å². The van der Waals surface area contributed by atoms with Crippen molar-refractivity contribution in [2.45, 2.75) is 24.2 Å². The van der Waals surface area contributed by atoms with Gasteiger partial charge in [0, 0.05) is 5.39 Å². The van der Waals surface area contributed by atoms with Crippen LogP contribution in [-0.2, 0) is 9.53 Å².